The summed E-state index contributed by atoms with van der Waals surface area (Å²) in [4.78, 5) is 11.9. The van der Waals surface area contributed by atoms with Gasteiger partial charge in [0.05, 0.1) is 16.2 Å². The molecule has 0 aliphatic carbocycles. The molecule has 0 unspecified atom stereocenters. The van der Waals surface area contributed by atoms with Crippen molar-refractivity contribution in [2.75, 3.05) is 0 Å². The fraction of sp³-hybridized carbons (Fsp3) is 0.316. The summed E-state index contributed by atoms with van der Waals surface area (Å²) in [7, 11) is -8.69. The van der Waals surface area contributed by atoms with Crippen LogP contribution in [0, 0.1) is 0 Å². The molecule has 0 aliphatic rings. The molecule has 0 amide bonds. The minimum atomic E-state index is -4.35. The first kappa shape index (κ1) is 21.1. The van der Waals surface area contributed by atoms with E-state index in [4.69, 9.17) is 4.74 Å². The first-order valence-electron chi connectivity index (χ1n) is 8.24. The molecule has 27 heavy (non-hydrogen) atoms. The molecule has 0 N–H and O–H groups in total. The van der Waals surface area contributed by atoms with E-state index in [1.54, 1.807) is 32.9 Å². The second-order valence-corrected chi connectivity index (χ2v) is 11.5. The zero-order valence-corrected chi connectivity index (χ0v) is 17.0. The van der Waals surface area contributed by atoms with Crippen LogP contribution in [0.25, 0.3) is 0 Å². The van der Waals surface area contributed by atoms with Crippen LogP contribution in [0.3, 0.4) is 0 Å². The van der Waals surface area contributed by atoms with Crippen LogP contribution in [0.15, 0.2) is 70.5 Å². The van der Waals surface area contributed by atoms with Gasteiger partial charge in [-0.25, -0.2) is 16.8 Å². The second kappa shape index (κ2) is 7.82. The van der Waals surface area contributed by atoms with E-state index in [0.717, 1.165) is 0 Å². The Kier molecular flexibility index (Phi) is 6.11. The molecule has 0 heterocycles. The maximum absolute atomic E-state index is 13.1. The van der Waals surface area contributed by atoms with Gasteiger partial charge >= 0.3 is 5.97 Å². The Labute approximate surface area is 160 Å². The van der Waals surface area contributed by atoms with Crippen LogP contribution < -0.4 is 0 Å². The van der Waals surface area contributed by atoms with Crippen molar-refractivity contribution in [3.63, 3.8) is 0 Å². The van der Waals surface area contributed by atoms with Crippen molar-refractivity contribution in [3.8, 4) is 0 Å². The summed E-state index contributed by atoms with van der Waals surface area (Å²) in [5.74, 6) is -0.897. The molecule has 0 bridgehead atoms. The van der Waals surface area contributed by atoms with Crippen molar-refractivity contribution >= 4 is 25.6 Å². The number of hydrogen-bond donors (Lipinski definition) is 0. The minimum absolute atomic E-state index is 0.168. The molecule has 146 valence electrons. The quantitative estimate of drug-likeness (QED) is 0.680. The van der Waals surface area contributed by atoms with Crippen molar-refractivity contribution in [1.29, 1.82) is 0 Å². The van der Waals surface area contributed by atoms with Crippen LogP contribution in [0.1, 0.15) is 27.2 Å². The first-order valence-corrected chi connectivity index (χ1v) is 11.3. The zero-order chi connectivity index (χ0) is 20.3. The maximum atomic E-state index is 13.1. The topological polar surface area (TPSA) is 94.6 Å². The number of hydrogen-bond acceptors (Lipinski definition) is 6. The van der Waals surface area contributed by atoms with Gasteiger partial charge < -0.3 is 4.74 Å². The van der Waals surface area contributed by atoms with Gasteiger partial charge in [0.2, 0.25) is 0 Å². The Balaban J connectivity index is 2.54. The second-order valence-electron chi connectivity index (χ2n) is 6.94. The molecule has 8 heteroatoms. The molecular formula is C19H22O6S2. The smallest absolute Gasteiger partial charge is 0.308 e. The number of esters is 1. The van der Waals surface area contributed by atoms with Gasteiger partial charge in [0.25, 0.3) is 0 Å². The summed E-state index contributed by atoms with van der Waals surface area (Å²) in [6.45, 7) is 4.87. The summed E-state index contributed by atoms with van der Waals surface area (Å²) in [5, 5.41) is 0. The fourth-order valence-electron chi connectivity index (χ4n) is 2.43. The van der Waals surface area contributed by atoms with Gasteiger partial charge in [-0.2, -0.15) is 0 Å². The number of carbonyl (C=O) groups excluding carboxylic acids is 1. The van der Waals surface area contributed by atoms with Crippen molar-refractivity contribution in [1.82, 2.24) is 0 Å². The van der Waals surface area contributed by atoms with Gasteiger partial charge in [-0.3, -0.25) is 4.79 Å². The van der Waals surface area contributed by atoms with Gasteiger partial charge in [0.15, 0.2) is 24.3 Å². The maximum Gasteiger partial charge on any atom is 0.308 e. The zero-order valence-electron chi connectivity index (χ0n) is 15.3. The molecule has 0 aromatic heterocycles. The van der Waals surface area contributed by atoms with Gasteiger partial charge in [-0.1, -0.05) is 36.4 Å². The summed E-state index contributed by atoms with van der Waals surface area (Å²) >= 11 is 0. The lowest BCUT2D eigenvalue weighted by Gasteiger charge is -2.22. The summed E-state index contributed by atoms with van der Waals surface area (Å²) < 4.78 is 55.4. The Morgan fingerprint density at radius 1 is 0.815 bits per heavy atom. The fourth-order valence-corrected chi connectivity index (χ4v) is 6.82. The summed E-state index contributed by atoms with van der Waals surface area (Å²) in [6.07, 6.45) is -0.800. The van der Waals surface area contributed by atoms with Crippen molar-refractivity contribution in [2.24, 2.45) is 0 Å². The number of ether oxygens (including phenoxy) is 1. The van der Waals surface area contributed by atoms with E-state index in [2.05, 4.69) is 0 Å². The van der Waals surface area contributed by atoms with Gasteiger partial charge in [0.1, 0.15) is 5.60 Å². The van der Waals surface area contributed by atoms with E-state index < -0.39 is 42.2 Å². The lowest BCUT2D eigenvalue weighted by molar-refractivity contribution is -0.154. The number of rotatable bonds is 6. The SMILES string of the molecule is CC(C)(C)OC(=O)CC(S(=O)(=O)c1ccccc1)S(=O)(=O)c1ccccc1. The number of sulfone groups is 2. The Morgan fingerprint density at radius 3 is 1.52 bits per heavy atom. The van der Waals surface area contributed by atoms with Crippen molar-refractivity contribution in [2.45, 2.75) is 47.2 Å². The molecule has 0 saturated carbocycles. The van der Waals surface area contributed by atoms with Crippen LogP contribution in [0.2, 0.25) is 0 Å². The van der Waals surface area contributed by atoms with E-state index in [1.165, 1.54) is 48.5 Å². The van der Waals surface area contributed by atoms with E-state index in [-0.39, 0.29) is 9.79 Å². The van der Waals surface area contributed by atoms with Gasteiger partial charge in [0, 0.05) is 0 Å². The highest BCUT2D eigenvalue weighted by molar-refractivity contribution is 8.09. The molecular weight excluding hydrogens is 388 g/mol. The average molecular weight is 411 g/mol. The summed E-state index contributed by atoms with van der Waals surface area (Å²) in [5.41, 5.74) is -0.866. The molecule has 6 nitrogen and oxygen atoms in total. The van der Waals surface area contributed by atoms with Gasteiger partial charge in [-0.15, -0.1) is 0 Å². The lowest BCUT2D eigenvalue weighted by Crippen LogP contribution is -2.35. The van der Waals surface area contributed by atoms with E-state index in [1.807, 2.05) is 0 Å². The lowest BCUT2D eigenvalue weighted by atomic mass is 10.2. The highest BCUT2D eigenvalue weighted by Gasteiger charge is 2.42. The van der Waals surface area contributed by atoms with Gasteiger partial charge in [-0.05, 0) is 45.0 Å². The van der Waals surface area contributed by atoms with Crippen molar-refractivity contribution in [3.05, 3.63) is 60.7 Å². The van der Waals surface area contributed by atoms with Crippen LogP contribution >= 0.6 is 0 Å². The average Bonchev–Trinajstić information content (AvgIpc) is 2.59. The molecule has 0 atom stereocenters. The largest absolute Gasteiger partial charge is 0.460 e. The number of benzene rings is 2. The highest BCUT2D eigenvalue weighted by atomic mass is 32.3. The van der Waals surface area contributed by atoms with Crippen LogP contribution in [-0.2, 0) is 29.2 Å². The molecule has 0 radical (unpaired) electrons. The predicted octanol–water partition coefficient (Wildman–Crippen LogP) is 2.99. The first-order chi connectivity index (χ1) is 12.4. The molecule has 2 aromatic rings. The standard InChI is InChI=1S/C19H22O6S2/c1-19(2,3)25-17(20)14-18(26(21,22)15-10-6-4-7-11-15)27(23,24)16-12-8-5-9-13-16/h4-13,18H,14H2,1-3H3. The van der Waals surface area contributed by atoms with Crippen molar-refractivity contribution < 1.29 is 26.4 Å². The third kappa shape index (κ3) is 5.17. The van der Waals surface area contributed by atoms with E-state index >= 15 is 0 Å². The number of carbonyl (C=O) groups is 1. The minimum Gasteiger partial charge on any atom is -0.460 e. The molecule has 2 rings (SSSR count). The molecule has 0 saturated heterocycles. The molecule has 0 fully saturated rings. The third-order valence-electron chi connectivity index (χ3n) is 3.59. The third-order valence-corrected chi connectivity index (χ3v) is 8.69. The van der Waals surface area contributed by atoms with Crippen LogP contribution in [0.4, 0.5) is 0 Å². The monoisotopic (exact) mass is 410 g/mol. The molecule has 0 spiro atoms. The Hall–Kier alpha value is -2.19. The van der Waals surface area contributed by atoms with E-state index in [9.17, 15) is 21.6 Å². The molecule has 2 aromatic carbocycles. The predicted molar refractivity (Wildman–Crippen MR) is 102 cm³/mol. The highest BCUT2D eigenvalue weighted by Crippen LogP contribution is 2.28. The Morgan fingerprint density at radius 2 is 1.19 bits per heavy atom. The van der Waals surface area contributed by atoms with E-state index in [0.29, 0.717) is 0 Å². The normalized spacial score (nSPS) is 12.7. The summed E-state index contributed by atoms with van der Waals surface area (Å²) in [6, 6.07) is 14.4. The Bertz CT molecular complexity index is 920. The molecule has 0 aliphatic heterocycles. The van der Waals surface area contributed by atoms with Crippen LogP contribution in [-0.4, -0.2) is 33.0 Å². The van der Waals surface area contributed by atoms with Crippen LogP contribution in [0.5, 0.6) is 0 Å².